The first-order chi connectivity index (χ1) is 17.2. The first-order valence-electron chi connectivity index (χ1n) is 12.7. The second-order valence-corrected chi connectivity index (χ2v) is 9.11. The van der Waals surface area contributed by atoms with E-state index in [9.17, 15) is 0 Å². The summed E-state index contributed by atoms with van der Waals surface area (Å²) in [5.41, 5.74) is 5.28. The molecule has 3 N–H and O–H groups in total. The van der Waals surface area contributed by atoms with E-state index in [0.29, 0.717) is 12.5 Å². The van der Waals surface area contributed by atoms with Crippen LogP contribution in [0, 0.1) is 0 Å². The normalized spacial score (nSPS) is 11.3. The molecule has 2 aromatic carbocycles. The van der Waals surface area contributed by atoms with E-state index in [0.717, 1.165) is 49.5 Å². The van der Waals surface area contributed by atoms with Crippen LogP contribution in [-0.2, 0) is 6.54 Å². The van der Waals surface area contributed by atoms with Gasteiger partial charge in [-0.1, -0.05) is 61.5 Å². The average molecular weight is 472 g/mol. The van der Waals surface area contributed by atoms with Gasteiger partial charge in [-0.25, -0.2) is 4.98 Å². The predicted octanol–water partition coefficient (Wildman–Crippen LogP) is 5.88. The van der Waals surface area contributed by atoms with Crippen LogP contribution in [0.2, 0.25) is 0 Å². The van der Waals surface area contributed by atoms with Gasteiger partial charge in [0.25, 0.3) is 0 Å². The second-order valence-electron chi connectivity index (χ2n) is 9.11. The molecule has 0 spiro atoms. The summed E-state index contributed by atoms with van der Waals surface area (Å²) in [6.07, 6.45) is 5.22. The molecule has 0 aliphatic rings. The standard InChI is InChI=1S/C28H37N7/c1-4-16-29-17-8-9-18-30-28-33-26(25-27(34-28)35(20-32-25)21(2)3)31-19-22-12-14-24(15-13-22)23-10-6-5-7-11-23/h5-7,10-15,20-21,29H,4,8-9,16-19H2,1-3H3,(H2,30,31,33,34). The van der Waals surface area contributed by atoms with Gasteiger partial charge in [0.2, 0.25) is 5.95 Å². The molecule has 4 aromatic rings. The average Bonchev–Trinajstić information content (AvgIpc) is 3.32. The number of imidazole rings is 1. The van der Waals surface area contributed by atoms with Gasteiger partial charge in [-0.05, 0) is 62.9 Å². The molecule has 0 amide bonds. The van der Waals surface area contributed by atoms with Crippen molar-refractivity contribution in [3.8, 4) is 11.1 Å². The highest BCUT2D eigenvalue weighted by Gasteiger charge is 2.15. The molecule has 2 heterocycles. The molecule has 0 aliphatic heterocycles. The summed E-state index contributed by atoms with van der Waals surface area (Å²) < 4.78 is 2.09. The third-order valence-corrected chi connectivity index (χ3v) is 5.99. The van der Waals surface area contributed by atoms with E-state index in [2.05, 4.69) is 94.8 Å². The first-order valence-corrected chi connectivity index (χ1v) is 12.7. The lowest BCUT2D eigenvalue weighted by atomic mass is 10.0. The number of hydrogen-bond donors (Lipinski definition) is 3. The van der Waals surface area contributed by atoms with Crippen LogP contribution in [0.3, 0.4) is 0 Å². The van der Waals surface area contributed by atoms with Gasteiger partial charge in [0.1, 0.15) is 0 Å². The molecule has 7 heteroatoms. The van der Waals surface area contributed by atoms with Crippen LogP contribution in [0.25, 0.3) is 22.3 Å². The van der Waals surface area contributed by atoms with Gasteiger partial charge < -0.3 is 20.5 Å². The highest BCUT2D eigenvalue weighted by atomic mass is 15.2. The number of benzene rings is 2. The van der Waals surface area contributed by atoms with Crippen molar-refractivity contribution in [3.05, 3.63) is 66.5 Å². The van der Waals surface area contributed by atoms with Crippen LogP contribution in [0.5, 0.6) is 0 Å². The zero-order valence-corrected chi connectivity index (χ0v) is 21.1. The van der Waals surface area contributed by atoms with E-state index in [-0.39, 0.29) is 6.04 Å². The number of aromatic nitrogens is 4. The molecule has 2 aromatic heterocycles. The van der Waals surface area contributed by atoms with E-state index in [1.165, 1.54) is 23.1 Å². The Hall–Kier alpha value is -3.45. The molecule has 4 rings (SSSR count). The SMILES string of the molecule is CCCNCCCCNc1nc(NCc2ccc(-c3ccccc3)cc2)c2ncn(C(C)C)c2n1. The Morgan fingerprint density at radius 2 is 1.57 bits per heavy atom. The quantitative estimate of drug-likeness (QED) is 0.211. The molecular weight excluding hydrogens is 434 g/mol. The number of fused-ring (bicyclic) bond motifs is 1. The van der Waals surface area contributed by atoms with Crippen LogP contribution in [0.4, 0.5) is 11.8 Å². The fourth-order valence-electron chi connectivity index (χ4n) is 4.01. The maximum atomic E-state index is 4.79. The lowest BCUT2D eigenvalue weighted by Gasteiger charge is -2.12. The minimum Gasteiger partial charge on any atom is -0.364 e. The van der Waals surface area contributed by atoms with Crippen molar-refractivity contribution in [1.29, 1.82) is 0 Å². The van der Waals surface area contributed by atoms with Crippen molar-refractivity contribution >= 4 is 22.9 Å². The molecule has 0 saturated heterocycles. The van der Waals surface area contributed by atoms with Gasteiger partial charge in [0, 0.05) is 19.1 Å². The van der Waals surface area contributed by atoms with E-state index >= 15 is 0 Å². The lowest BCUT2D eigenvalue weighted by molar-refractivity contribution is 0.612. The molecular formula is C28H37N7. The predicted molar refractivity (Wildman–Crippen MR) is 146 cm³/mol. The van der Waals surface area contributed by atoms with Gasteiger partial charge in [0.15, 0.2) is 17.0 Å². The maximum Gasteiger partial charge on any atom is 0.226 e. The number of anilines is 2. The lowest BCUT2D eigenvalue weighted by Crippen LogP contribution is -2.17. The van der Waals surface area contributed by atoms with Crippen LogP contribution in [-0.4, -0.2) is 39.2 Å². The Balaban J connectivity index is 1.45. The summed E-state index contributed by atoms with van der Waals surface area (Å²) in [5.74, 6) is 1.40. The van der Waals surface area contributed by atoms with E-state index in [1.807, 2.05) is 12.4 Å². The largest absolute Gasteiger partial charge is 0.364 e. The van der Waals surface area contributed by atoms with Crippen molar-refractivity contribution in [3.63, 3.8) is 0 Å². The summed E-state index contributed by atoms with van der Waals surface area (Å²) in [6, 6.07) is 19.4. The van der Waals surface area contributed by atoms with Crippen molar-refractivity contribution < 1.29 is 0 Å². The Labute approximate surface area is 208 Å². The third-order valence-electron chi connectivity index (χ3n) is 5.99. The van der Waals surface area contributed by atoms with E-state index < -0.39 is 0 Å². The first kappa shape index (κ1) is 24.7. The maximum absolute atomic E-state index is 4.79. The monoisotopic (exact) mass is 471 g/mol. The highest BCUT2D eigenvalue weighted by molar-refractivity contribution is 5.84. The summed E-state index contributed by atoms with van der Waals surface area (Å²) in [4.78, 5) is 14.2. The Bertz CT molecular complexity index is 1180. The van der Waals surface area contributed by atoms with Gasteiger partial charge in [-0.3, -0.25) is 0 Å². The summed E-state index contributed by atoms with van der Waals surface area (Å²) in [7, 11) is 0. The smallest absolute Gasteiger partial charge is 0.226 e. The second kappa shape index (κ2) is 12.3. The molecule has 0 radical (unpaired) electrons. The molecule has 0 fully saturated rings. The highest BCUT2D eigenvalue weighted by Crippen LogP contribution is 2.24. The number of rotatable bonds is 13. The van der Waals surface area contributed by atoms with E-state index in [4.69, 9.17) is 9.97 Å². The molecule has 0 atom stereocenters. The van der Waals surface area contributed by atoms with Crippen molar-refractivity contribution in [1.82, 2.24) is 24.8 Å². The summed E-state index contributed by atoms with van der Waals surface area (Å²) in [5, 5.41) is 10.4. The van der Waals surface area contributed by atoms with Crippen molar-refractivity contribution in [2.45, 2.75) is 52.6 Å². The molecule has 0 unspecified atom stereocenters. The van der Waals surface area contributed by atoms with Crippen molar-refractivity contribution in [2.24, 2.45) is 0 Å². The van der Waals surface area contributed by atoms with Gasteiger partial charge in [0.05, 0.1) is 6.33 Å². The Morgan fingerprint density at radius 1 is 0.829 bits per heavy atom. The van der Waals surface area contributed by atoms with Crippen molar-refractivity contribution in [2.75, 3.05) is 30.3 Å². The Kier molecular flexibility index (Phi) is 8.68. The van der Waals surface area contributed by atoms with Gasteiger partial charge in [-0.2, -0.15) is 9.97 Å². The third kappa shape index (κ3) is 6.57. The minimum atomic E-state index is 0.269. The summed E-state index contributed by atoms with van der Waals surface area (Å²) >= 11 is 0. The molecule has 7 nitrogen and oxygen atoms in total. The van der Waals surface area contributed by atoms with E-state index in [1.54, 1.807) is 0 Å². The van der Waals surface area contributed by atoms with Gasteiger partial charge >= 0.3 is 0 Å². The zero-order chi connectivity index (χ0) is 24.5. The van der Waals surface area contributed by atoms with Crippen LogP contribution in [0.15, 0.2) is 60.9 Å². The van der Waals surface area contributed by atoms with Gasteiger partial charge in [-0.15, -0.1) is 0 Å². The fourth-order valence-corrected chi connectivity index (χ4v) is 4.01. The minimum absolute atomic E-state index is 0.269. The molecule has 184 valence electrons. The number of nitrogens with zero attached hydrogens (tertiary/aromatic N) is 4. The van der Waals surface area contributed by atoms with Crippen LogP contribution >= 0.6 is 0 Å². The molecule has 0 saturated carbocycles. The van der Waals surface area contributed by atoms with Crippen LogP contribution in [0.1, 0.15) is 51.6 Å². The number of nitrogens with one attached hydrogen (secondary N) is 3. The number of unbranched alkanes of at least 4 members (excludes halogenated alkanes) is 1. The summed E-state index contributed by atoms with van der Waals surface area (Å²) in [6.45, 7) is 10.1. The fraction of sp³-hybridized carbons (Fsp3) is 0.393. The molecule has 35 heavy (non-hydrogen) atoms. The topological polar surface area (TPSA) is 79.7 Å². The molecule has 0 bridgehead atoms. The van der Waals surface area contributed by atoms with Crippen LogP contribution < -0.4 is 16.0 Å². The Morgan fingerprint density at radius 3 is 2.31 bits per heavy atom. The number of hydrogen-bond acceptors (Lipinski definition) is 6. The zero-order valence-electron chi connectivity index (χ0n) is 21.1. The molecule has 0 aliphatic carbocycles.